The number of ether oxygens (including phenoxy) is 2. The molecule has 0 saturated heterocycles. The molecule has 0 aromatic carbocycles. The zero-order valence-corrected chi connectivity index (χ0v) is 15.7. The van der Waals surface area contributed by atoms with Crippen LogP contribution in [0.5, 0.6) is 0 Å². The van der Waals surface area contributed by atoms with Crippen LogP contribution in [0.4, 0.5) is 0 Å². The summed E-state index contributed by atoms with van der Waals surface area (Å²) < 4.78 is 12.1. The van der Waals surface area contributed by atoms with E-state index in [1.54, 1.807) is 13.8 Å². The van der Waals surface area contributed by atoms with Crippen LogP contribution in [0.2, 0.25) is 8.43 Å². The average molecular weight is 400 g/mol. The SMILES string of the molecule is CCOC(=O)C(CC)(CCC[Te]C(C)C)C(=O)OCC. The molecule has 20 heavy (non-hydrogen) atoms. The molecule has 0 aromatic rings. The van der Waals surface area contributed by atoms with Gasteiger partial charge in [-0.3, -0.25) is 0 Å². The van der Waals surface area contributed by atoms with Gasteiger partial charge >= 0.3 is 133 Å². The Morgan fingerprint density at radius 1 is 1.05 bits per heavy atom. The first-order chi connectivity index (χ1) is 9.44. The van der Waals surface area contributed by atoms with Gasteiger partial charge in [-0.2, -0.15) is 0 Å². The Kier molecular flexibility index (Phi) is 10.3. The second-order valence-electron chi connectivity index (χ2n) is 4.90. The Balaban J connectivity index is 4.82. The molecular formula is C15H28O4Te. The first-order valence-electron chi connectivity index (χ1n) is 7.40. The van der Waals surface area contributed by atoms with Gasteiger partial charge in [-0.1, -0.05) is 0 Å². The van der Waals surface area contributed by atoms with Gasteiger partial charge in [0.2, 0.25) is 0 Å². The second-order valence-corrected chi connectivity index (χ2v) is 9.71. The summed E-state index contributed by atoms with van der Waals surface area (Å²) in [7, 11) is 0. The van der Waals surface area contributed by atoms with Crippen molar-refractivity contribution in [3.8, 4) is 0 Å². The van der Waals surface area contributed by atoms with Crippen molar-refractivity contribution in [2.45, 2.75) is 62.3 Å². The molecule has 0 radical (unpaired) electrons. The van der Waals surface area contributed by atoms with Crippen LogP contribution in [-0.2, 0) is 19.1 Å². The van der Waals surface area contributed by atoms with Gasteiger partial charge in [-0.05, 0) is 0 Å². The Labute approximate surface area is 133 Å². The van der Waals surface area contributed by atoms with Gasteiger partial charge in [-0.15, -0.1) is 0 Å². The summed E-state index contributed by atoms with van der Waals surface area (Å²) >= 11 is -0.0295. The van der Waals surface area contributed by atoms with E-state index in [2.05, 4.69) is 13.8 Å². The third-order valence-electron chi connectivity index (χ3n) is 3.13. The molecule has 0 aliphatic carbocycles. The summed E-state index contributed by atoms with van der Waals surface area (Å²) in [5.74, 6) is -0.850. The molecule has 0 bridgehead atoms. The molecule has 0 heterocycles. The van der Waals surface area contributed by atoms with Gasteiger partial charge < -0.3 is 0 Å². The van der Waals surface area contributed by atoms with E-state index in [1.165, 1.54) is 0 Å². The summed E-state index contributed by atoms with van der Waals surface area (Å²) in [4.78, 5) is 24.5. The molecular weight excluding hydrogens is 372 g/mol. The zero-order valence-electron chi connectivity index (χ0n) is 13.4. The fourth-order valence-corrected chi connectivity index (χ4v) is 4.22. The minimum absolute atomic E-state index is 0.0295. The zero-order chi connectivity index (χ0) is 15.6. The molecule has 0 spiro atoms. The van der Waals surface area contributed by atoms with Crippen molar-refractivity contribution >= 4 is 32.9 Å². The van der Waals surface area contributed by atoms with Crippen LogP contribution < -0.4 is 0 Å². The summed E-state index contributed by atoms with van der Waals surface area (Å²) in [5, 5.41) is 0. The molecule has 0 atom stereocenters. The standard InChI is InChI=1S/C15H28O4Te/c1-6-15(13(16)18-7-2,14(17)19-8-3)10-9-11-20-12(4)5/h12H,6-11H2,1-5H3. The predicted octanol–water partition coefficient (Wildman–Crippen LogP) is 3.24. The monoisotopic (exact) mass is 402 g/mol. The van der Waals surface area contributed by atoms with E-state index in [0.717, 1.165) is 14.9 Å². The number of carbonyl (C=O) groups excluding carboxylic acids is 2. The van der Waals surface area contributed by atoms with E-state index < -0.39 is 17.4 Å². The molecule has 4 nitrogen and oxygen atoms in total. The summed E-state index contributed by atoms with van der Waals surface area (Å²) in [5.41, 5.74) is -1.10. The van der Waals surface area contributed by atoms with Crippen molar-refractivity contribution in [2.24, 2.45) is 5.41 Å². The average Bonchev–Trinajstić information content (AvgIpc) is 2.39. The quantitative estimate of drug-likeness (QED) is 0.245. The Morgan fingerprint density at radius 2 is 1.55 bits per heavy atom. The number of rotatable bonds is 10. The molecule has 0 N–H and O–H groups in total. The van der Waals surface area contributed by atoms with Crippen molar-refractivity contribution in [1.82, 2.24) is 0 Å². The molecule has 5 heteroatoms. The summed E-state index contributed by atoms with van der Waals surface area (Å²) in [6.45, 7) is 10.4. The van der Waals surface area contributed by atoms with E-state index in [0.29, 0.717) is 26.1 Å². The van der Waals surface area contributed by atoms with Gasteiger partial charge in [-0.25, -0.2) is 0 Å². The topological polar surface area (TPSA) is 52.6 Å². The van der Waals surface area contributed by atoms with Crippen LogP contribution in [-0.4, -0.2) is 46.1 Å². The summed E-state index contributed by atoms with van der Waals surface area (Å²) in [6, 6.07) is 0. The van der Waals surface area contributed by atoms with Crippen LogP contribution in [0, 0.1) is 5.41 Å². The van der Waals surface area contributed by atoms with Crippen LogP contribution in [0.15, 0.2) is 0 Å². The first kappa shape index (κ1) is 19.7. The maximum absolute atomic E-state index is 12.2. The Hall–Kier alpha value is -0.270. The van der Waals surface area contributed by atoms with E-state index >= 15 is 0 Å². The van der Waals surface area contributed by atoms with Gasteiger partial charge in [0.15, 0.2) is 0 Å². The van der Waals surface area contributed by atoms with Crippen LogP contribution in [0.25, 0.3) is 0 Å². The molecule has 0 unspecified atom stereocenters. The van der Waals surface area contributed by atoms with Crippen LogP contribution in [0.3, 0.4) is 0 Å². The van der Waals surface area contributed by atoms with Crippen molar-refractivity contribution in [2.75, 3.05) is 13.2 Å². The molecule has 118 valence electrons. The van der Waals surface area contributed by atoms with Crippen molar-refractivity contribution in [3.63, 3.8) is 0 Å². The molecule has 0 saturated carbocycles. The predicted molar refractivity (Wildman–Crippen MR) is 80.9 cm³/mol. The van der Waals surface area contributed by atoms with E-state index in [-0.39, 0.29) is 20.9 Å². The Bertz CT molecular complexity index is 284. The molecule has 0 aliphatic heterocycles. The van der Waals surface area contributed by atoms with Gasteiger partial charge in [0.05, 0.1) is 0 Å². The van der Waals surface area contributed by atoms with Gasteiger partial charge in [0.25, 0.3) is 0 Å². The van der Waals surface area contributed by atoms with Crippen LogP contribution in [0.1, 0.15) is 53.9 Å². The Morgan fingerprint density at radius 3 is 1.90 bits per heavy atom. The third kappa shape index (κ3) is 6.01. The number of hydrogen-bond acceptors (Lipinski definition) is 4. The van der Waals surface area contributed by atoms with Gasteiger partial charge in [0, 0.05) is 0 Å². The summed E-state index contributed by atoms with van der Waals surface area (Å²) in [6.07, 6.45) is 1.87. The van der Waals surface area contributed by atoms with E-state index in [4.69, 9.17) is 9.47 Å². The molecule has 0 rings (SSSR count). The first-order valence-corrected chi connectivity index (χ1v) is 10.4. The van der Waals surface area contributed by atoms with Crippen LogP contribution >= 0.6 is 0 Å². The molecule has 0 aromatic heterocycles. The van der Waals surface area contributed by atoms with Gasteiger partial charge in [0.1, 0.15) is 0 Å². The molecule has 0 amide bonds. The van der Waals surface area contributed by atoms with E-state index in [9.17, 15) is 9.59 Å². The van der Waals surface area contributed by atoms with Crippen molar-refractivity contribution in [3.05, 3.63) is 0 Å². The fraction of sp³-hybridized carbons (Fsp3) is 0.867. The maximum atomic E-state index is 12.2. The fourth-order valence-electron chi connectivity index (χ4n) is 1.98. The number of esters is 2. The normalized spacial score (nSPS) is 11.5. The third-order valence-corrected chi connectivity index (χ3v) is 6.53. The minimum atomic E-state index is -1.10. The van der Waals surface area contributed by atoms with Crippen molar-refractivity contribution in [1.29, 1.82) is 0 Å². The van der Waals surface area contributed by atoms with E-state index in [1.807, 2.05) is 6.92 Å². The molecule has 0 aliphatic rings. The number of hydrogen-bond donors (Lipinski definition) is 0. The van der Waals surface area contributed by atoms with Crippen molar-refractivity contribution < 1.29 is 19.1 Å². The number of carbonyl (C=O) groups is 2. The molecule has 0 fully saturated rings. The second kappa shape index (κ2) is 10.5.